The van der Waals surface area contributed by atoms with Crippen LogP contribution in [0, 0.1) is 0 Å². The molecule has 1 heterocycles. The predicted octanol–water partition coefficient (Wildman–Crippen LogP) is 0.969. The van der Waals surface area contributed by atoms with Gasteiger partial charge >= 0.3 is 0 Å². The van der Waals surface area contributed by atoms with Gasteiger partial charge in [-0.2, -0.15) is 0 Å². The molecule has 5 nitrogen and oxygen atoms in total. The van der Waals surface area contributed by atoms with Crippen molar-refractivity contribution in [3.8, 4) is 0 Å². The molecule has 0 aromatic rings. The summed E-state index contributed by atoms with van der Waals surface area (Å²) in [4.78, 5) is 0. The minimum absolute atomic E-state index is 0.0208. The Morgan fingerprint density at radius 2 is 1.95 bits per heavy atom. The lowest BCUT2D eigenvalue weighted by atomic mass is 10.0. The topological polar surface area (TPSA) is 79.2 Å². The maximum Gasteiger partial charge on any atom is 0.120 e. The first kappa shape index (κ1) is 16.4. The molecule has 0 radical (unpaired) electrons. The minimum Gasteiger partial charge on any atom is -0.499 e. The van der Waals surface area contributed by atoms with E-state index >= 15 is 0 Å². The Labute approximate surface area is 114 Å². The van der Waals surface area contributed by atoms with Crippen LogP contribution in [0.2, 0.25) is 0 Å². The van der Waals surface area contributed by atoms with Gasteiger partial charge in [-0.25, -0.2) is 0 Å². The third-order valence-electron chi connectivity index (χ3n) is 3.28. The molecule has 0 saturated carbocycles. The average molecular weight is 274 g/mol. The molecule has 0 aromatic heterocycles. The first-order valence-electron chi connectivity index (χ1n) is 7.09. The Morgan fingerprint density at radius 3 is 2.68 bits per heavy atom. The van der Waals surface area contributed by atoms with E-state index in [1.807, 2.05) is 6.08 Å². The van der Waals surface area contributed by atoms with E-state index in [0.29, 0.717) is 0 Å². The van der Waals surface area contributed by atoms with Gasteiger partial charge in [-0.05, 0) is 18.9 Å². The van der Waals surface area contributed by atoms with Crippen molar-refractivity contribution in [2.45, 2.75) is 63.4 Å². The van der Waals surface area contributed by atoms with Crippen LogP contribution in [0.1, 0.15) is 39.0 Å². The lowest BCUT2D eigenvalue weighted by molar-refractivity contribution is -0.195. The maximum atomic E-state index is 9.67. The molecule has 1 aliphatic rings. The molecule has 4 atom stereocenters. The number of allylic oxidation sites excluding steroid dienone is 1. The fourth-order valence-corrected chi connectivity index (χ4v) is 1.99. The van der Waals surface area contributed by atoms with Crippen LogP contribution in [0.4, 0.5) is 0 Å². The van der Waals surface area contributed by atoms with Crippen LogP contribution in [0.25, 0.3) is 0 Å². The highest BCUT2D eigenvalue weighted by molar-refractivity contribution is 4.87. The van der Waals surface area contributed by atoms with Crippen molar-refractivity contribution in [1.29, 1.82) is 0 Å². The van der Waals surface area contributed by atoms with Crippen LogP contribution in [0.15, 0.2) is 12.3 Å². The second kappa shape index (κ2) is 9.31. The van der Waals surface area contributed by atoms with Gasteiger partial charge in [0.05, 0.1) is 12.9 Å². The molecule has 19 heavy (non-hydrogen) atoms. The summed E-state index contributed by atoms with van der Waals surface area (Å²) in [5.41, 5.74) is 0. The van der Waals surface area contributed by atoms with E-state index in [2.05, 4.69) is 6.92 Å². The molecule has 112 valence electrons. The van der Waals surface area contributed by atoms with Crippen molar-refractivity contribution < 1.29 is 24.8 Å². The molecule has 0 amide bonds. The summed E-state index contributed by atoms with van der Waals surface area (Å²) in [5, 5.41) is 28.4. The van der Waals surface area contributed by atoms with Gasteiger partial charge in [0.25, 0.3) is 0 Å². The zero-order valence-corrected chi connectivity index (χ0v) is 11.6. The molecule has 0 aromatic carbocycles. The zero-order chi connectivity index (χ0) is 14.1. The first-order chi connectivity index (χ1) is 9.16. The summed E-state index contributed by atoms with van der Waals surface area (Å²) in [6.45, 7) is 2.38. The lowest BCUT2D eigenvalue weighted by Crippen LogP contribution is -2.54. The quantitative estimate of drug-likeness (QED) is 0.454. The summed E-state index contributed by atoms with van der Waals surface area (Å²) in [6.07, 6.45) is 5.52. The predicted molar refractivity (Wildman–Crippen MR) is 71.6 cm³/mol. The lowest BCUT2D eigenvalue weighted by Gasteiger charge is -2.34. The standard InChI is InChI=1S/C14H26O5/c1-2-3-4-5-6-7-8-18-10-12-14(17)13(16)11(15)9-19-12/h7-8,11-17H,2-6,9-10H2,1H3/b8-7+/t11-,12+,13+,14+/m0/s1. The molecule has 1 saturated heterocycles. The number of unbranched alkanes of at least 4 members (excludes halogenated alkanes) is 4. The molecule has 1 aliphatic heterocycles. The second-order valence-corrected chi connectivity index (χ2v) is 4.97. The molecule has 0 spiro atoms. The summed E-state index contributed by atoms with van der Waals surface area (Å²) in [7, 11) is 0. The number of ether oxygens (including phenoxy) is 2. The van der Waals surface area contributed by atoms with Gasteiger partial charge < -0.3 is 24.8 Å². The van der Waals surface area contributed by atoms with Gasteiger partial charge in [0.15, 0.2) is 0 Å². The normalized spacial score (nSPS) is 31.8. The molecule has 1 rings (SSSR count). The summed E-state index contributed by atoms with van der Waals surface area (Å²) in [5.74, 6) is 0. The average Bonchev–Trinajstić information content (AvgIpc) is 2.41. The van der Waals surface area contributed by atoms with Gasteiger partial charge in [0, 0.05) is 0 Å². The second-order valence-electron chi connectivity index (χ2n) is 4.97. The highest BCUT2D eigenvalue weighted by atomic mass is 16.6. The molecule has 1 fully saturated rings. The molecular weight excluding hydrogens is 248 g/mol. The Hall–Kier alpha value is -0.620. The van der Waals surface area contributed by atoms with E-state index in [1.165, 1.54) is 19.3 Å². The summed E-state index contributed by atoms with van der Waals surface area (Å²) in [6, 6.07) is 0. The van der Waals surface area contributed by atoms with E-state index < -0.39 is 24.4 Å². The van der Waals surface area contributed by atoms with E-state index in [4.69, 9.17) is 9.47 Å². The number of aliphatic hydroxyl groups excluding tert-OH is 3. The van der Waals surface area contributed by atoms with E-state index in [1.54, 1.807) is 6.26 Å². The number of hydrogen-bond donors (Lipinski definition) is 3. The molecule has 0 unspecified atom stereocenters. The molecule has 0 aliphatic carbocycles. The van der Waals surface area contributed by atoms with Crippen molar-refractivity contribution in [2.75, 3.05) is 13.2 Å². The van der Waals surface area contributed by atoms with Crippen LogP contribution < -0.4 is 0 Å². The van der Waals surface area contributed by atoms with E-state index in [0.717, 1.165) is 12.8 Å². The van der Waals surface area contributed by atoms with Gasteiger partial charge in [0.2, 0.25) is 0 Å². The third-order valence-corrected chi connectivity index (χ3v) is 3.28. The SMILES string of the molecule is CCCCCC/C=C/OC[C@H]1OC[C@H](O)[C@@H](O)[C@@H]1O. The first-order valence-corrected chi connectivity index (χ1v) is 7.09. The Balaban J connectivity index is 2.10. The highest BCUT2D eigenvalue weighted by Gasteiger charge is 2.37. The van der Waals surface area contributed by atoms with Crippen molar-refractivity contribution in [1.82, 2.24) is 0 Å². The fourth-order valence-electron chi connectivity index (χ4n) is 1.99. The van der Waals surface area contributed by atoms with Gasteiger partial charge in [-0.3, -0.25) is 0 Å². The molecular formula is C14H26O5. The monoisotopic (exact) mass is 274 g/mol. The van der Waals surface area contributed by atoms with Gasteiger partial charge in [0.1, 0.15) is 31.0 Å². The van der Waals surface area contributed by atoms with E-state index in [-0.39, 0.29) is 13.2 Å². The Bertz CT molecular complexity index is 256. The number of hydrogen-bond acceptors (Lipinski definition) is 5. The Morgan fingerprint density at radius 1 is 1.16 bits per heavy atom. The molecule has 5 heteroatoms. The minimum atomic E-state index is -1.17. The number of rotatable bonds is 8. The van der Waals surface area contributed by atoms with Crippen molar-refractivity contribution in [3.63, 3.8) is 0 Å². The van der Waals surface area contributed by atoms with Crippen molar-refractivity contribution in [3.05, 3.63) is 12.3 Å². The van der Waals surface area contributed by atoms with Crippen LogP contribution in [0.3, 0.4) is 0 Å². The van der Waals surface area contributed by atoms with Crippen LogP contribution in [-0.4, -0.2) is 52.9 Å². The zero-order valence-electron chi connectivity index (χ0n) is 11.6. The Kier molecular flexibility index (Phi) is 8.05. The molecule has 0 bridgehead atoms. The van der Waals surface area contributed by atoms with E-state index in [9.17, 15) is 15.3 Å². The summed E-state index contributed by atoms with van der Waals surface area (Å²) >= 11 is 0. The van der Waals surface area contributed by atoms with Crippen LogP contribution in [-0.2, 0) is 9.47 Å². The smallest absolute Gasteiger partial charge is 0.120 e. The highest BCUT2D eigenvalue weighted by Crippen LogP contribution is 2.15. The van der Waals surface area contributed by atoms with Gasteiger partial charge in [-0.1, -0.05) is 26.2 Å². The van der Waals surface area contributed by atoms with Crippen molar-refractivity contribution in [2.24, 2.45) is 0 Å². The van der Waals surface area contributed by atoms with Gasteiger partial charge in [-0.15, -0.1) is 0 Å². The van der Waals surface area contributed by atoms with Crippen molar-refractivity contribution >= 4 is 0 Å². The largest absolute Gasteiger partial charge is 0.499 e. The maximum absolute atomic E-state index is 9.67. The number of aliphatic hydroxyl groups is 3. The molecule has 3 N–H and O–H groups in total. The third kappa shape index (κ3) is 5.91. The van der Waals surface area contributed by atoms with Crippen LogP contribution >= 0.6 is 0 Å². The fraction of sp³-hybridized carbons (Fsp3) is 0.857. The summed E-state index contributed by atoms with van der Waals surface area (Å²) < 4.78 is 10.5. The van der Waals surface area contributed by atoms with Crippen LogP contribution in [0.5, 0.6) is 0 Å².